The van der Waals surface area contributed by atoms with Gasteiger partial charge in [-0.05, 0) is 13.3 Å². The third-order valence-corrected chi connectivity index (χ3v) is 2.22. The van der Waals surface area contributed by atoms with Gasteiger partial charge in [0.2, 0.25) is 11.8 Å². The van der Waals surface area contributed by atoms with E-state index in [2.05, 4.69) is 10.6 Å². The Hall–Kier alpha value is -2.16. The molecule has 0 aliphatic heterocycles. The highest BCUT2D eigenvalue weighted by Gasteiger charge is 2.24. The summed E-state index contributed by atoms with van der Waals surface area (Å²) in [6.45, 7) is 1.07. The summed E-state index contributed by atoms with van der Waals surface area (Å²) in [5, 5.41) is 21.7. The zero-order chi connectivity index (χ0) is 15.0. The molecule has 0 radical (unpaired) electrons. The van der Waals surface area contributed by atoms with Crippen molar-refractivity contribution in [1.82, 2.24) is 10.6 Å². The fourth-order valence-electron chi connectivity index (χ4n) is 1.19. The summed E-state index contributed by atoms with van der Waals surface area (Å²) >= 11 is 0. The van der Waals surface area contributed by atoms with Gasteiger partial charge in [-0.25, -0.2) is 4.79 Å². The number of aliphatic carboxylic acids is 2. The molecule has 0 spiro atoms. The Morgan fingerprint density at radius 2 is 1.74 bits per heavy atom. The maximum Gasteiger partial charge on any atom is 0.326 e. The van der Waals surface area contributed by atoms with Crippen molar-refractivity contribution < 1.29 is 29.4 Å². The lowest BCUT2D eigenvalue weighted by atomic mass is 10.1. The van der Waals surface area contributed by atoms with Crippen molar-refractivity contribution in [2.75, 3.05) is 6.54 Å². The predicted molar refractivity (Wildman–Crippen MR) is 63.1 cm³/mol. The molecule has 19 heavy (non-hydrogen) atoms. The van der Waals surface area contributed by atoms with Gasteiger partial charge in [0.15, 0.2) is 0 Å². The van der Waals surface area contributed by atoms with E-state index in [9.17, 15) is 19.2 Å². The molecule has 0 aliphatic carbocycles. The van der Waals surface area contributed by atoms with Gasteiger partial charge in [0.25, 0.3) is 0 Å². The highest BCUT2D eigenvalue weighted by atomic mass is 16.4. The summed E-state index contributed by atoms with van der Waals surface area (Å²) < 4.78 is 0. The van der Waals surface area contributed by atoms with Gasteiger partial charge in [0.05, 0.1) is 6.54 Å². The second-order valence-corrected chi connectivity index (χ2v) is 3.83. The lowest BCUT2D eigenvalue weighted by Gasteiger charge is -2.18. The summed E-state index contributed by atoms with van der Waals surface area (Å²) in [4.78, 5) is 43.7. The van der Waals surface area contributed by atoms with E-state index in [-0.39, 0.29) is 19.4 Å². The van der Waals surface area contributed by atoms with E-state index in [0.29, 0.717) is 0 Å². The van der Waals surface area contributed by atoms with Crippen LogP contribution in [0.15, 0.2) is 0 Å². The second kappa shape index (κ2) is 8.03. The second-order valence-electron chi connectivity index (χ2n) is 3.83. The van der Waals surface area contributed by atoms with Gasteiger partial charge in [-0.3, -0.25) is 14.4 Å². The number of nitrogens with two attached hydrogens (primary N) is 1. The summed E-state index contributed by atoms with van der Waals surface area (Å²) in [6.07, 6.45) is -0.630. The van der Waals surface area contributed by atoms with Gasteiger partial charge in [-0.15, -0.1) is 0 Å². The fourth-order valence-corrected chi connectivity index (χ4v) is 1.19. The van der Waals surface area contributed by atoms with Gasteiger partial charge in [-0.2, -0.15) is 0 Å². The first-order valence-corrected chi connectivity index (χ1v) is 5.52. The molecule has 2 atom stereocenters. The highest BCUT2D eigenvalue weighted by molar-refractivity contribution is 5.90. The number of carboxylic acids is 2. The van der Waals surface area contributed by atoms with E-state index < -0.39 is 35.8 Å². The minimum absolute atomic E-state index is 0.242. The molecule has 9 nitrogen and oxygen atoms in total. The van der Waals surface area contributed by atoms with Crippen LogP contribution in [0, 0.1) is 0 Å². The number of hydrogen-bond acceptors (Lipinski definition) is 5. The molecule has 6 N–H and O–H groups in total. The van der Waals surface area contributed by atoms with Crippen molar-refractivity contribution >= 4 is 23.8 Å². The quantitative estimate of drug-likeness (QED) is 0.338. The monoisotopic (exact) mass is 275 g/mol. The lowest BCUT2D eigenvalue weighted by molar-refractivity contribution is -0.143. The molecule has 0 aliphatic rings. The molecular weight excluding hydrogens is 258 g/mol. The fraction of sp³-hybridized carbons (Fsp3) is 0.600. The number of carbonyl (C=O) groups excluding carboxylic acids is 2. The maximum atomic E-state index is 11.6. The van der Waals surface area contributed by atoms with E-state index in [4.69, 9.17) is 15.9 Å². The van der Waals surface area contributed by atoms with E-state index in [0.717, 1.165) is 0 Å². The van der Waals surface area contributed by atoms with Crippen molar-refractivity contribution in [3.05, 3.63) is 0 Å². The van der Waals surface area contributed by atoms with Gasteiger partial charge >= 0.3 is 11.9 Å². The number of carbonyl (C=O) groups is 4. The van der Waals surface area contributed by atoms with Crippen LogP contribution in [0.3, 0.4) is 0 Å². The van der Waals surface area contributed by atoms with Crippen LogP contribution in [-0.4, -0.2) is 52.6 Å². The number of rotatable bonds is 8. The molecular formula is C10H17N3O6. The van der Waals surface area contributed by atoms with Crippen LogP contribution in [0.2, 0.25) is 0 Å². The van der Waals surface area contributed by atoms with E-state index >= 15 is 0 Å². The average Bonchev–Trinajstić information content (AvgIpc) is 2.32. The summed E-state index contributed by atoms with van der Waals surface area (Å²) in [6, 6.07) is -2.27. The zero-order valence-electron chi connectivity index (χ0n) is 10.4. The SMILES string of the molecule is C[C@H](NC(=O)CN)C(=O)N[C@@H](CCC(=O)O)C(=O)O. The summed E-state index contributed by atoms with van der Waals surface area (Å²) in [5.41, 5.74) is 5.05. The van der Waals surface area contributed by atoms with Crippen LogP contribution >= 0.6 is 0 Å². The first-order valence-electron chi connectivity index (χ1n) is 5.52. The van der Waals surface area contributed by atoms with Crippen LogP contribution in [0.4, 0.5) is 0 Å². The number of amides is 2. The lowest BCUT2D eigenvalue weighted by Crippen LogP contribution is -2.51. The van der Waals surface area contributed by atoms with Gasteiger partial charge in [0, 0.05) is 6.42 Å². The normalized spacial score (nSPS) is 13.2. The molecule has 0 aromatic rings. The molecule has 0 rings (SSSR count). The largest absolute Gasteiger partial charge is 0.481 e. The molecule has 0 saturated heterocycles. The smallest absolute Gasteiger partial charge is 0.326 e. The van der Waals surface area contributed by atoms with Gasteiger partial charge in [0.1, 0.15) is 12.1 Å². The van der Waals surface area contributed by atoms with E-state index in [1.807, 2.05) is 0 Å². The zero-order valence-corrected chi connectivity index (χ0v) is 10.4. The number of nitrogens with one attached hydrogen (secondary N) is 2. The maximum absolute atomic E-state index is 11.6. The summed E-state index contributed by atoms with van der Waals surface area (Å²) in [5.74, 6) is -3.78. The molecule has 0 bridgehead atoms. The topological polar surface area (TPSA) is 159 Å². The third-order valence-electron chi connectivity index (χ3n) is 2.22. The van der Waals surface area contributed by atoms with E-state index in [1.165, 1.54) is 6.92 Å². The van der Waals surface area contributed by atoms with Crippen LogP contribution in [0.1, 0.15) is 19.8 Å². The molecule has 0 heterocycles. The molecule has 0 saturated carbocycles. The Bertz CT molecular complexity index is 370. The summed E-state index contributed by atoms with van der Waals surface area (Å²) in [7, 11) is 0. The Morgan fingerprint density at radius 3 is 2.16 bits per heavy atom. The van der Waals surface area contributed by atoms with Crippen molar-refractivity contribution in [2.45, 2.75) is 31.8 Å². The van der Waals surface area contributed by atoms with Crippen molar-refractivity contribution in [3.8, 4) is 0 Å². The van der Waals surface area contributed by atoms with Crippen LogP contribution < -0.4 is 16.4 Å². The van der Waals surface area contributed by atoms with Crippen LogP contribution in [0.5, 0.6) is 0 Å². The number of carboxylic acid groups (broad SMARTS) is 2. The van der Waals surface area contributed by atoms with Crippen LogP contribution in [0.25, 0.3) is 0 Å². The van der Waals surface area contributed by atoms with Crippen molar-refractivity contribution in [2.24, 2.45) is 5.73 Å². The van der Waals surface area contributed by atoms with Crippen LogP contribution in [-0.2, 0) is 19.2 Å². The Balaban J connectivity index is 4.41. The Morgan fingerprint density at radius 1 is 1.16 bits per heavy atom. The first kappa shape index (κ1) is 16.8. The molecule has 0 aromatic heterocycles. The van der Waals surface area contributed by atoms with Gasteiger partial charge < -0.3 is 26.6 Å². The van der Waals surface area contributed by atoms with Crippen molar-refractivity contribution in [3.63, 3.8) is 0 Å². The highest BCUT2D eigenvalue weighted by Crippen LogP contribution is 1.99. The Labute approximate surface area is 109 Å². The molecule has 108 valence electrons. The molecule has 0 fully saturated rings. The Kier molecular flexibility index (Phi) is 7.12. The van der Waals surface area contributed by atoms with Crippen molar-refractivity contribution in [1.29, 1.82) is 0 Å². The third kappa shape index (κ3) is 6.99. The molecule has 9 heteroatoms. The van der Waals surface area contributed by atoms with E-state index in [1.54, 1.807) is 0 Å². The van der Waals surface area contributed by atoms with Gasteiger partial charge in [-0.1, -0.05) is 0 Å². The number of hydrogen-bond donors (Lipinski definition) is 5. The predicted octanol–water partition coefficient (Wildman–Crippen LogP) is -2.12. The molecule has 0 aromatic carbocycles. The first-order chi connectivity index (χ1) is 8.77. The minimum atomic E-state index is -1.34. The standard InChI is InChI=1S/C10H17N3O6/c1-5(12-7(14)4-11)9(17)13-6(10(18)19)2-3-8(15)16/h5-6H,2-4,11H2,1H3,(H,12,14)(H,13,17)(H,15,16)(H,18,19)/t5-,6-/m0/s1. The molecule has 2 amide bonds. The minimum Gasteiger partial charge on any atom is -0.481 e. The average molecular weight is 275 g/mol. The molecule has 0 unspecified atom stereocenters.